The number of H-pyrrole nitrogens is 1. The topological polar surface area (TPSA) is 65.6 Å². The molecule has 1 aliphatic rings. The Morgan fingerprint density at radius 1 is 1.04 bits per heavy atom. The lowest BCUT2D eigenvalue weighted by Crippen LogP contribution is -2.00. The summed E-state index contributed by atoms with van der Waals surface area (Å²) in [5.74, 6) is 1.32. The van der Waals surface area contributed by atoms with Gasteiger partial charge in [-0.1, -0.05) is 23.8 Å². The number of nitrogens with zero attached hydrogens (tertiary/aromatic N) is 2. The Morgan fingerprint density at radius 2 is 2.00 bits per heavy atom. The number of allylic oxidation sites excluding steroid dienone is 1. The van der Waals surface area contributed by atoms with Crippen molar-refractivity contribution in [2.45, 2.75) is 13.3 Å². The molecule has 3 N–H and O–H groups in total. The van der Waals surface area contributed by atoms with Gasteiger partial charge >= 0.3 is 0 Å². The van der Waals surface area contributed by atoms with E-state index in [1.54, 1.807) is 6.20 Å². The molecule has 0 aliphatic heterocycles. The van der Waals surface area contributed by atoms with Gasteiger partial charge < -0.3 is 15.6 Å². The Morgan fingerprint density at radius 3 is 2.96 bits per heavy atom. The minimum Gasteiger partial charge on any atom is -0.361 e. The quantitative estimate of drug-likeness (QED) is 0.459. The molecule has 0 bridgehead atoms. The Hall–Kier alpha value is -3.60. The van der Waals surface area contributed by atoms with E-state index in [4.69, 9.17) is 0 Å². The molecule has 132 valence electrons. The predicted octanol–water partition coefficient (Wildman–Crippen LogP) is 5.40. The number of hydrogen-bond donors (Lipinski definition) is 3. The van der Waals surface area contributed by atoms with Crippen LogP contribution in [0.4, 0.5) is 23.1 Å². The minimum absolute atomic E-state index is 0.561. The van der Waals surface area contributed by atoms with Crippen LogP contribution in [0.1, 0.15) is 18.1 Å². The molecule has 0 unspecified atom stereocenters. The molecule has 4 aromatic rings. The number of aromatic nitrogens is 3. The molecule has 0 radical (unpaired) electrons. The van der Waals surface area contributed by atoms with Crippen molar-refractivity contribution in [1.29, 1.82) is 0 Å². The number of fused-ring (bicyclic) bond motifs is 2. The third-order valence-electron chi connectivity index (χ3n) is 4.79. The lowest BCUT2D eigenvalue weighted by molar-refractivity contribution is 1.16. The molecular formula is C22H19N5. The van der Waals surface area contributed by atoms with Gasteiger partial charge in [0.05, 0.1) is 5.69 Å². The summed E-state index contributed by atoms with van der Waals surface area (Å²) in [4.78, 5) is 12.2. The number of benzene rings is 2. The van der Waals surface area contributed by atoms with Crippen LogP contribution in [-0.2, 0) is 6.42 Å². The van der Waals surface area contributed by atoms with E-state index in [-0.39, 0.29) is 0 Å². The van der Waals surface area contributed by atoms with Crippen molar-refractivity contribution >= 4 is 40.1 Å². The Labute approximate surface area is 157 Å². The van der Waals surface area contributed by atoms with Gasteiger partial charge in [0.25, 0.3) is 0 Å². The van der Waals surface area contributed by atoms with Crippen molar-refractivity contribution in [3.8, 4) is 0 Å². The zero-order valence-electron chi connectivity index (χ0n) is 15.0. The molecule has 0 amide bonds. The molecule has 2 aromatic heterocycles. The summed E-state index contributed by atoms with van der Waals surface area (Å²) in [6.45, 7) is 2.17. The zero-order chi connectivity index (χ0) is 18.2. The molecule has 5 nitrogen and oxygen atoms in total. The largest absolute Gasteiger partial charge is 0.361 e. The van der Waals surface area contributed by atoms with Crippen molar-refractivity contribution < 1.29 is 0 Å². The van der Waals surface area contributed by atoms with Gasteiger partial charge in [-0.25, -0.2) is 4.98 Å². The first-order chi connectivity index (χ1) is 13.2. The second-order valence-electron chi connectivity index (χ2n) is 6.84. The Kier molecular flexibility index (Phi) is 3.64. The van der Waals surface area contributed by atoms with Gasteiger partial charge in [0.1, 0.15) is 5.82 Å². The van der Waals surface area contributed by atoms with E-state index in [9.17, 15) is 0 Å². The molecule has 0 saturated carbocycles. The summed E-state index contributed by atoms with van der Waals surface area (Å²) in [5, 5.41) is 7.81. The van der Waals surface area contributed by atoms with Gasteiger partial charge in [0.15, 0.2) is 0 Å². The van der Waals surface area contributed by atoms with Gasteiger partial charge in [0.2, 0.25) is 5.95 Å². The van der Waals surface area contributed by atoms with Gasteiger partial charge in [-0.3, -0.25) is 0 Å². The summed E-state index contributed by atoms with van der Waals surface area (Å²) in [5.41, 5.74) is 7.14. The normalized spacial score (nSPS) is 12.7. The van der Waals surface area contributed by atoms with Crippen LogP contribution in [0.2, 0.25) is 0 Å². The maximum absolute atomic E-state index is 4.60. The van der Waals surface area contributed by atoms with Crippen LogP contribution in [0, 0.1) is 0 Å². The fourth-order valence-corrected chi connectivity index (χ4v) is 3.54. The Balaban J connectivity index is 1.40. The fourth-order valence-electron chi connectivity index (χ4n) is 3.54. The molecular weight excluding hydrogens is 334 g/mol. The van der Waals surface area contributed by atoms with Crippen LogP contribution in [0.5, 0.6) is 0 Å². The maximum atomic E-state index is 4.60. The van der Waals surface area contributed by atoms with Crippen LogP contribution in [0.3, 0.4) is 0 Å². The number of hydrogen-bond acceptors (Lipinski definition) is 4. The highest BCUT2D eigenvalue weighted by Crippen LogP contribution is 2.29. The lowest BCUT2D eigenvalue weighted by Gasteiger charge is -2.10. The number of nitrogens with one attached hydrogen (secondary N) is 3. The second-order valence-corrected chi connectivity index (χ2v) is 6.84. The first-order valence-electron chi connectivity index (χ1n) is 8.98. The molecule has 27 heavy (non-hydrogen) atoms. The molecule has 0 atom stereocenters. The second kappa shape index (κ2) is 6.29. The third-order valence-corrected chi connectivity index (χ3v) is 4.79. The van der Waals surface area contributed by atoms with Crippen LogP contribution in [-0.4, -0.2) is 15.0 Å². The minimum atomic E-state index is 0.561. The third kappa shape index (κ3) is 3.04. The van der Waals surface area contributed by atoms with Gasteiger partial charge in [-0.15, -0.1) is 0 Å². The molecule has 2 aromatic carbocycles. The van der Waals surface area contributed by atoms with Crippen LogP contribution < -0.4 is 10.6 Å². The summed E-state index contributed by atoms with van der Waals surface area (Å²) in [6.07, 6.45) is 6.97. The zero-order valence-corrected chi connectivity index (χ0v) is 15.0. The number of anilines is 4. The summed E-state index contributed by atoms with van der Waals surface area (Å²) in [6, 6.07) is 16.4. The highest BCUT2D eigenvalue weighted by molar-refractivity contribution is 5.93. The summed E-state index contributed by atoms with van der Waals surface area (Å²) < 4.78 is 0. The number of aromatic amines is 1. The van der Waals surface area contributed by atoms with Crippen molar-refractivity contribution in [1.82, 2.24) is 15.0 Å². The first-order valence-corrected chi connectivity index (χ1v) is 8.98. The van der Waals surface area contributed by atoms with E-state index in [0.29, 0.717) is 5.95 Å². The SMILES string of the molecule is CC1=Cc2cc(Nc3ccnc(Nc4cccc5[nH]ccc45)n3)ccc2C1. The average Bonchev–Trinajstić information content (AvgIpc) is 3.28. The first kappa shape index (κ1) is 15.6. The number of rotatable bonds is 4. The lowest BCUT2D eigenvalue weighted by atomic mass is 10.1. The van der Waals surface area contributed by atoms with Crippen molar-refractivity contribution in [2.75, 3.05) is 10.6 Å². The smallest absolute Gasteiger partial charge is 0.229 e. The Bertz CT molecular complexity index is 1170. The van der Waals surface area contributed by atoms with E-state index in [2.05, 4.69) is 56.8 Å². The molecule has 0 saturated heterocycles. The monoisotopic (exact) mass is 353 g/mol. The molecule has 0 spiro atoms. The molecule has 0 fully saturated rings. The molecule has 5 heteroatoms. The molecule has 1 aliphatic carbocycles. The van der Waals surface area contributed by atoms with Crippen LogP contribution in [0.25, 0.3) is 17.0 Å². The van der Waals surface area contributed by atoms with E-state index >= 15 is 0 Å². The maximum Gasteiger partial charge on any atom is 0.229 e. The van der Waals surface area contributed by atoms with Crippen molar-refractivity contribution in [3.63, 3.8) is 0 Å². The molecule has 5 rings (SSSR count). The van der Waals surface area contributed by atoms with Gasteiger partial charge in [0, 0.05) is 29.0 Å². The van der Waals surface area contributed by atoms with Gasteiger partial charge in [-0.2, -0.15) is 4.98 Å². The van der Waals surface area contributed by atoms with E-state index in [1.165, 1.54) is 16.7 Å². The standard InChI is InChI=1S/C22H19N5/c1-14-11-15-5-6-17(13-16(15)12-14)25-21-8-10-24-22(27-21)26-20-4-2-3-19-18(20)7-9-23-19/h2-10,12-13,23H,11H2,1H3,(H2,24,25,26,27). The predicted molar refractivity (Wildman–Crippen MR) is 111 cm³/mol. The van der Waals surface area contributed by atoms with Crippen LogP contribution >= 0.6 is 0 Å². The van der Waals surface area contributed by atoms with E-state index in [0.717, 1.165) is 34.5 Å². The fraction of sp³-hybridized carbons (Fsp3) is 0.0909. The van der Waals surface area contributed by atoms with Crippen LogP contribution in [0.15, 0.2) is 66.5 Å². The average molecular weight is 353 g/mol. The summed E-state index contributed by atoms with van der Waals surface area (Å²) >= 11 is 0. The van der Waals surface area contributed by atoms with Gasteiger partial charge in [-0.05, 0) is 60.9 Å². The highest BCUT2D eigenvalue weighted by Gasteiger charge is 2.10. The van der Waals surface area contributed by atoms with E-state index < -0.39 is 0 Å². The molecule has 2 heterocycles. The highest BCUT2D eigenvalue weighted by atomic mass is 15.1. The summed E-state index contributed by atoms with van der Waals surface area (Å²) in [7, 11) is 0. The van der Waals surface area contributed by atoms with E-state index in [1.807, 2.05) is 36.5 Å². The van der Waals surface area contributed by atoms with Crippen molar-refractivity contribution in [2.24, 2.45) is 0 Å². The van der Waals surface area contributed by atoms with Crippen molar-refractivity contribution in [3.05, 3.63) is 77.6 Å².